The van der Waals surface area contributed by atoms with Crippen LogP contribution in [0.1, 0.15) is 17.6 Å². The van der Waals surface area contributed by atoms with Gasteiger partial charge in [0.05, 0.1) is 18.8 Å². The summed E-state index contributed by atoms with van der Waals surface area (Å²) >= 11 is 0. The van der Waals surface area contributed by atoms with Gasteiger partial charge < -0.3 is 9.63 Å². The highest BCUT2D eigenvalue weighted by Crippen LogP contribution is 2.15. The van der Waals surface area contributed by atoms with E-state index in [2.05, 4.69) is 20.1 Å². The summed E-state index contributed by atoms with van der Waals surface area (Å²) in [6.45, 7) is 0.907. The predicted octanol–water partition coefficient (Wildman–Crippen LogP) is 1.69. The van der Waals surface area contributed by atoms with Crippen LogP contribution in [0.2, 0.25) is 0 Å². The van der Waals surface area contributed by atoms with Gasteiger partial charge in [-0.05, 0) is 12.6 Å². The van der Waals surface area contributed by atoms with E-state index in [-0.39, 0.29) is 0 Å². The van der Waals surface area contributed by atoms with Crippen molar-refractivity contribution in [1.82, 2.24) is 25.0 Å². The van der Waals surface area contributed by atoms with Crippen molar-refractivity contribution in [1.29, 1.82) is 0 Å². The average Bonchev–Trinajstić information content (AvgIpc) is 3.04. The van der Waals surface area contributed by atoms with Gasteiger partial charge in [0.2, 0.25) is 11.7 Å². The zero-order chi connectivity index (χ0) is 16.1. The summed E-state index contributed by atoms with van der Waals surface area (Å²) in [5, 5.41) is 14.1. The molecule has 1 N–H and O–H groups in total. The van der Waals surface area contributed by atoms with Gasteiger partial charge in [-0.2, -0.15) is 4.98 Å². The number of aliphatic hydroxyl groups excluding tert-OH is 1. The van der Waals surface area contributed by atoms with Gasteiger partial charge in [-0.15, -0.1) is 0 Å². The molecule has 0 radical (unpaired) electrons. The third-order valence-corrected chi connectivity index (χ3v) is 3.33. The van der Waals surface area contributed by atoms with E-state index in [9.17, 15) is 5.11 Å². The van der Waals surface area contributed by atoms with E-state index < -0.39 is 6.10 Å². The third-order valence-electron chi connectivity index (χ3n) is 3.33. The Bertz CT molecular complexity index is 732. The second kappa shape index (κ2) is 7.08. The Morgan fingerprint density at radius 3 is 2.78 bits per heavy atom. The Hall–Kier alpha value is -2.64. The van der Waals surface area contributed by atoms with Crippen molar-refractivity contribution in [3.05, 3.63) is 60.4 Å². The molecule has 3 rings (SSSR count). The zero-order valence-corrected chi connectivity index (χ0v) is 12.7. The summed E-state index contributed by atoms with van der Waals surface area (Å²) in [5.41, 5.74) is 1.44. The Morgan fingerprint density at radius 2 is 2.04 bits per heavy atom. The fraction of sp³-hybridized carbons (Fsp3) is 0.250. The van der Waals surface area contributed by atoms with E-state index in [1.165, 1.54) is 0 Å². The maximum absolute atomic E-state index is 10.2. The Kier molecular flexibility index (Phi) is 4.70. The summed E-state index contributed by atoms with van der Waals surface area (Å²) < 4.78 is 5.22. The van der Waals surface area contributed by atoms with Crippen LogP contribution in [0.4, 0.5) is 0 Å². The molecule has 0 aliphatic rings. The van der Waals surface area contributed by atoms with Crippen LogP contribution in [0.25, 0.3) is 11.5 Å². The molecule has 3 aromatic rings. The molecule has 0 bridgehead atoms. The van der Waals surface area contributed by atoms with Crippen molar-refractivity contribution in [2.45, 2.75) is 12.6 Å². The molecule has 118 valence electrons. The number of hydrogen-bond acceptors (Lipinski definition) is 7. The Labute approximate surface area is 133 Å². The number of rotatable bonds is 6. The van der Waals surface area contributed by atoms with Gasteiger partial charge in [-0.3, -0.25) is 9.88 Å². The lowest BCUT2D eigenvalue weighted by atomic mass is 10.1. The molecule has 0 aliphatic carbocycles. The van der Waals surface area contributed by atoms with E-state index in [0.717, 1.165) is 5.56 Å². The van der Waals surface area contributed by atoms with Crippen LogP contribution >= 0.6 is 0 Å². The van der Waals surface area contributed by atoms with Crippen molar-refractivity contribution in [2.24, 2.45) is 0 Å². The topological polar surface area (TPSA) is 88.2 Å². The SMILES string of the molecule is CN(Cc1nc(-c2cnccn2)no1)C[C@@H](O)c1ccccc1. The highest BCUT2D eigenvalue weighted by atomic mass is 16.5. The summed E-state index contributed by atoms with van der Waals surface area (Å²) in [5.74, 6) is 0.874. The van der Waals surface area contributed by atoms with Crippen LogP contribution in [0.5, 0.6) is 0 Å². The van der Waals surface area contributed by atoms with Gasteiger partial charge >= 0.3 is 0 Å². The summed E-state index contributed by atoms with van der Waals surface area (Å²) in [7, 11) is 1.89. The van der Waals surface area contributed by atoms with Crippen molar-refractivity contribution in [2.75, 3.05) is 13.6 Å². The van der Waals surface area contributed by atoms with Gasteiger partial charge in [0, 0.05) is 18.9 Å². The molecule has 7 nitrogen and oxygen atoms in total. The molecule has 1 atom stereocenters. The van der Waals surface area contributed by atoms with Crippen molar-refractivity contribution in [3.8, 4) is 11.5 Å². The molecule has 7 heteroatoms. The summed E-state index contributed by atoms with van der Waals surface area (Å²) in [6, 6.07) is 9.54. The molecule has 0 aliphatic heterocycles. The van der Waals surface area contributed by atoms with Crippen LogP contribution in [0, 0.1) is 0 Å². The Morgan fingerprint density at radius 1 is 1.22 bits per heavy atom. The molecule has 23 heavy (non-hydrogen) atoms. The fourth-order valence-electron chi connectivity index (χ4n) is 2.21. The first-order chi connectivity index (χ1) is 11.2. The number of nitrogens with zero attached hydrogens (tertiary/aromatic N) is 5. The largest absolute Gasteiger partial charge is 0.387 e. The van der Waals surface area contributed by atoms with E-state index in [1.54, 1.807) is 18.6 Å². The number of aromatic nitrogens is 4. The average molecular weight is 311 g/mol. The van der Waals surface area contributed by atoms with Crippen LogP contribution in [-0.4, -0.2) is 43.7 Å². The van der Waals surface area contributed by atoms with Gasteiger partial charge in [0.1, 0.15) is 5.69 Å². The van der Waals surface area contributed by atoms with Crippen molar-refractivity contribution >= 4 is 0 Å². The van der Waals surface area contributed by atoms with Crippen LogP contribution < -0.4 is 0 Å². The second-order valence-corrected chi connectivity index (χ2v) is 5.23. The Balaban J connectivity index is 1.60. The smallest absolute Gasteiger partial charge is 0.241 e. The monoisotopic (exact) mass is 311 g/mol. The lowest BCUT2D eigenvalue weighted by Gasteiger charge is -2.18. The van der Waals surface area contributed by atoms with E-state index in [0.29, 0.717) is 30.5 Å². The van der Waals surface area contributed by atoms with Gasteiger partial charge in [0.15, 0.2) is 0 Å². The number of hydrogen-bond donors (Lipinski definition) is 1. The van der Waals surface area contributed by atoms with Gasteiger partial charge in [0.25, 0.3) is 0 Å². The molecule has 1 aromatic carbocycles. The molecular formula is C16H17N5O2. The van der Waals surface area contributed by atoms with Gasteiger partial charge in [-0.25, -0.2) is 4.98 Å². The molecule has 0 amide bonds. The maximum Gasteiger partial charge on any atom is 0.241 e. The molecule has 0 spiro atoms. The first kappa shape index (κ1) is 15.3. The van der Waals surface area contributed by atoms with Crippen molar-refractivity contribution < 1.29 is 9.63 Å². The highest BCUT2D eigenvalue weighted by Gasteiger charge is 2.15. The normalized spacial score (nSPS) is 12.5. The molecule has 0 unspecified atom stereocenters. The first-order valence-electron chi connectivity index (χ1n) is 7.23. The van der Waals surface area contributed by atoms with Crippen LogP contribution in [0.3, 0.4) is 0 Å². The predicted molar refractivity (Wildman–Crippen MR) is 83.1 cm³/mol. The standard InChI is InChI=1S/C16H17N5O2/c1-21(10-14(22)12-5-3-2-4-6-12)11-15-19-16(20-23-15)13-9-17-7-8-18-13/h2-9,14,22H,10-11H2,1H3/t14-/m1/s1. The highest BCUT2D eigenvalue weighted by molar-refractivity contribution is 5.45. The second-order valence-electron chi connectivity index (χ2n) is 5.23. The fourth-order valence-corrected chi connectivity index (χ4v) is 2.21. The molecular weight excluding hydrogens is 294 g/mol. The van der Waals surface area contributed by atoms with Gasteiger partial charge in [-0.1, -0.05) is 35.5 Å². The minimum atomic E-state index is -0.566. The maximum atomic E-state index is 10.2. The van der Waals surface area contributed by atoms with E-state index >= 15 is 0 Å². The minimum absolute atomic E-state index is 0.408. The number of benzene rings is 1. The first-order valence-corrected chi connectivity index (χ1v) is 7.23. The molecule has 2 aromatic heterocycles. The van der Waals surface area contributed by atoms with E-state index in [1.807, 2.05) is 42.3 Å². The van der Waals surface area contributed by atoms with Crippen LogP contribution in [0.15, 0.2) is 53.4 Å². The minimum Gasteiger partial charge on any atom is -0.387 e. The molecule has 0 saturated heterocycles. The number of likely N-dealkylation sites (N-methyl/N-ethyl adjacent to an activating group) is 1. The molecule has 0 fully saturated rings. The molecule has 2 heterocycles. The molecule has 0 saturated carbocycles. The zero-order valence-electron chi connectivity index (χ0n) is 12.7. The summed E-state index contributed by atoms with van der Waals surface area (Å²) in [6.07, 6.45) is 4.18. The lowest BCUT2D eigenvalue weighted by Crippen LogP contribution is -2.24. The van der Waals surface area contributed by atoms with Crippen LogP contribution in [-0.2, 0) is 6.54 Å². The van der Waals surface area contributed by atoms with Crippen molar-refractivity contribution in [3.63, 3.8) is 0 Å². The lowest BCUT2D eigenvalue weighted by molar-refractivity contribution is 0.118. The van der Waals surface area contributed by atoms with E-state index in [4.69, 9.17) is 4.52 Å². The quantitative estimate of drug-likeness (QED) is 0.741. The number of aliphatic hydroxyl groups is 1. The third kappa shape index (κ3) is 3.97. The summed E-state index contributed by atoms with van der Waals surface area (Å²) in [4.78, 5) is 14.3.